The SMILES string of the molecule is CC(=O)N1c2ccc(C(N)=O)cc2[C@H](Nc2nccc(C)n2)[C@@H](C)[C@@H]1C. The van der Waals surface area contributed by atoms with E-state index in [2.05, 4.69) is 22.2 Å². The highest BCUT2D eigenvalue weighted by Crippen LogP contribution is 2.42. The second-order valence-electron chi connectivity index (χ2n) is 6.77. The fraction of sp³-hybridized carbons (Fsp3) is 0.368. The molecule has 0 spiro atoms. The van der Waals surface area contributed by atoms with Gasteiger partial charge in [0.2, 0.25) is 17.8 Å². The number of rotatable bonds is 3. The number of anilines is 2. The number of benzene rings is 1. The molecule has 1 aromatic carbocycles. The quantitative estimate of drug-likeness (QED) is 0.882. The molecule has 7 nitrogen and oxygen atoms in total. The largest absolute Gasteiger partial charge is 0.366 e. The van der Waals surface area contributed by atoms with E-state index in [1.54, 1.807) is 36.2 Å². The molecule has 2 heterocycles. The third kappa shape index (κ3) is 3.12. The summed E-state index contributed by atoms with van der Waals surface area (Å²) >= 11 is 0. The standard InChI is InChI=1S/C19H23N5O2/c1-10-7-8-21-19(22-10)23-17-11(2)12(3)24(13(4)25)16-6-5-14(18(20)26)9-15(16)17/h5-9,11-12,17H,1-4H3,(H2,20,26)(H,21,22,23)/t11-,12-,17+/m0/s1. The number of carbonyl (C=O) groups is 2. The van der Waals surface area contributed by atoms with Gasteiger partial charge in [0.1, 0.15) is 0 Å². The molecule has 2 amide bonds. The van der Waals surface area contributed by atoms with Crippen LogP contribution in [0, 0.1) is 12.8 Å². The predicted molar refractivity (Wildman–Crippen MR) is 99.9 cm³/mol. The van der Waals surface area contributed by atoms with E-state index in [1.165, 1.54) is 0 Å². The molecule has 0 aliphatic carbocycles. The number of nitrogens with one attached hydrogen (secondary N) is 1. The zero-order valence-electron chi connectivity index (χ0n) is 15.4. The number of fused-ring (bicyclic) bond motifs is 1. The Morgan fingerprint density at radius 1 is 1.23 bits per heavy atom. The first kappa shape index (κ1) is 17.8. The summed E-state index contributed by atoms with van der Waals surface area (Å²) in [6.45, 7) is 7.53. The molecule has 3 rings (SSSR count). The number of aromatic nitrogens is 2. The van der Waals surface area contributed by atoms with Gasteiger partial charge in [-0.25, -0.2) is 9.97 Å². The molecule has 1 aliphatic rings. The molecule has 1 aliphatic heterocycles. The van der Waals surface area contributed by atoms with Gasteiger partial charge in [-0.05, 0) is 43.7 Å². The van der Waals surface area contributed by atoms with Gasteiger partial charge in [0.05, 0.1) is 6.04 Å². The molecule has 1 aromatic heterocycles. The lowest BCUT2D eigenvalue weighted by Crippen LogP contribution is -2.48. The van der Waals surface area contributed by atoms with Crippen molar-refractivity contribution in [3.63, 3.8) is 0 Å². The molecular formula is C19H23N5O2. The Kier molecular flexibility index (Phi) is 4.63. The number of amides is 2. The van der Waals surface area contributed by atoms with Crippen LogP contribution >= 0.6 is 0 Å². The average Bonchev–Trinajstić information content (AvgIpc) is 2.58. The average molecular weight is 353 g/mol. The van der Waals surface area contributed by atoms with Gasteiger partial charge in [0.15, 0.2) is 0 Å². The molecule has 7 heteroatoms. The van der Waals surface area contributed by atoms with Gasteiger partial charge in [-0.3, -0.25) is 9.59 Å². The topological polar surface area (TPSA) is 101 Å². The molecule has 0 radical (unpaired) electrons. The smallest absolute Gasteiger partial charge is 0.248 e. The van der Waals surface area contributed by atoms with Gasteiger partial charge in [-0.1, -0.05) is 6.92 Å². The van der Waals surface area contributed by atoms with Crippen LogP contribution in [0.1, 0.15) is 48.4 Å². The molecule has 26 heavy (non-hydrogen) atoms. The van der Waals surface area contributed by atoms with Crippen molar-refractivity contribution in [2.75, 3.05) is 10.2 Å². The lowest BCUT2D eigenvalue weighted by atomic mass is 9.82. The minimum Gasteiger partial charge on any atom is -0.366 e. The van der Waals surface area contributed by atoms with Crippen LogP contribution in [0.2, 0.25) is 0 Å². The molecule has 0 saturated carbocycles. The van der Waals surface area contributed by atoms with E-state index in [1.807, 2.05) is 19.9 Å². The highest BCUT2D eigenvalue weighted by Gasteiger charge is 2.38. The maximum Gasteiger partial charge on any atom is 0.248 e. The van der Waals surface area contributed by atoms with E-state index >= 15 is 0 Å². The molecule has 0 saturated heterocycles. The summed E-state index contributed by atoms with van der Waals surface area (Å²) in [4.78, 5) is 34.4. The second-order valence-corrected chi connectivity index (χ2v) is 6.77. The Labute approximate surface area is 152 Å². The van der Waals surface area contributed by atoms with Crippen molar-refractivity contribution in [1.82, 2.24) is 9.97 Å². The Morgan fingerprint density at radius 2 is 1.96 bits per heavy atom. The van der Waals surface area contributed by atoms with E-state index in [0.717, 1.165) is 16.9 Å². The third-order valence-electron chi connectivity index (χ3n) is 5.02. The maximum absolute atomic E-state index is 12.2. The normalized spacial score (nSPS) is 21.8. The van der Waals surface area contributed by atoms with Gasteiger partial charge in [0.25, 0.3) is 0 Å². The summed E-state index contributed by atoms with van der Waals surface area (Å²) in [7, 11) is 0. The molecule has 2 aromatic rings. The van der Waals surface area contributed by atoms with Crippen molar-refractivity contribution in [2.45, 2.75) is 39.8 Å². The molecule has 0 fully saturated rings. The van der Waals surface area contributed by atoms with Crippen LogP contribution in [-0.4, -0.2) is 27.8 Å². The second kappa shape index (κ2) is 6.74. The highest BCUT2D eigenvalue weighted by atomic mass is 16.2. The first-order valence-electron chi connectivity index (χ1n) is 8.59. The lowest BCUT2D eigenvalue weighted by Gasteiger charge is -2.43. The number of nitrogens with two attached hydrogens (primary N) is 1. The van der Waals surface area contributed by atoms with E-state index < -0.39 is 5.91 Å². The summed E-state index contributed by atoms with van der Waals surface area (Å²) in [6, 6.07) is 6.84. The van der Waals surface area contributed by atoms with Crippen LogP contribution in [0.4, 0.5) is 11.6 Å². The number of carbonyl (C=O) groups excluding carboxylic acids is 2. The monoisotopic (exact) mass is 353 g/mol. The van der Waals surface area contributed by atoms with Crippen molar-refractivity contribution in [3.8, 4) is 0 Å². The van der Waals surface area contributed by atoms with Crippen LogP contribution in [0.3, 0.4) is 0 Å². The lowest BCUT2D eigenvalue weighted by molar-refractivity contribution is -0.117. The first-order chi connectivity index (χ1) is 12.3. The first-order valence-corrected chi connectivity index (χ1v) is 8.59. The minimum atomic E-state index is -0.501. The molecule has 3 atom stereocenters. The number of primary amides is 1. The summed E-state index contributed by atoms with van der Waals surface area (Å²) in [6.07, 6.45) is 1.70. The Bertz CT molecular complexity index is 867. The van der Waals surface area contributed by atoms with Gasteiger partial charge in [-0.15, -0.1) is 0 Å². The van der Waals surface area contributed by atoms with Crippen molar-refractivity contribution >= 4 is 23.5 Å². The summed E-state index contributed by atoms with van der Waals surface area (Å²) in [5, 5.41) is 3.37. The number of nitrogens with zero attached hydrogens (tertiary/aromatic N) is 3. The van der Waals surface area contributed by atoms with E-state index in [-0.39, 0.29) is 23.9 Å². The van der Waals surface area contributed by atoms with Crippen LogP contribution in [0.15, 0.2) is 30.5 Å². The minimum absolute atomic E-state index is 0.0262. The van der Waals surface area contributed by atoms with Crippen molar-refractivity contribution in [3.05, 3.63) is 47.3 Å². The third-order valence-corrected chi connectivity index (χ3v) is 5.02. The van der Waals surface area contributed by atoms with E-state index in [4.69, 9.17) is 5.73 Å². The van der Waals surface area contributed by atoms with Crippen molar-refractivity contribution in [2.24, 2.45) is 11.7 Å². The molecule has 0 unspecified atom stereocenters. The highest BCUT2D eigenvalue weighted by molar-refractivity contribution is 5.97. The van der Waals surface area contributed by atoms with Crippen LogP contribution < -0.4 is 16.0 Å². The van der Waals surface area contributed by atoms with Gasteiger partial charge < -0.3 is 16.0 Å². The Hall–Kier alpha value is -2.96. The fourth-order valence-electron chi connectivity index (χ4n) is 3.52. The van der Waals surface area contributed by atoms with Crippen molar-refractivity contribution in [1.29, 1.82) is 0 Å². The van der Waals surface area contributed by atoms with E-state index in [9.17, 15) is 9.59 Å². The summed E-state index contributed by atoms with van der Waals surface area (Å²) in [5.41, 5.74) is 8.34. The molecule has 136 valence electrons. The molecule has 0 bridgehead atoms. The number of hydrogen-bond donors (Lipinski definition) is 2. The predicted octanol–water partition coefficient (Wildman–Crippen LogP) is 2.43. The zero-order chi connectivity index (χ0) is 19.0. The van der Waals surface area contributed by atoms with Crippen LogP contribution in [-0.2, 0) is 4.79 Å². The zero-order valence-corrected chi connectivity index (χ0v) is 15.4. The fourth-order valence-corrected chi connectivity index (χ4v) is 3.52. The number of aryl methyl sites for hydroxylation is 1. The van der Waals surface area contributed by atoms with Crippen LogP contribution in [0.5, 0.6) is 0 Å². The number of hydrogen-bond acceptors (Lipinski definition) is 5. The summed E-state index contributed by atoms with van der Waals surface area (Å²) < 4.78 is 0. The van der Waals surface area contributed by atoms with Crippen molar-refractivity contribution < 1.29 is 9.59 Å². The van der Waals surface area contributed by atoms with Gasteiger partial charge >= 0.3 is 0 Å². The summed E-state index contributed by atoms with van der Waals surface area (Å²) in [5.74, 6) is 0.0427. The van der Waals surface area contributed by atoms with Gasteiger partial charge in [0, 0.05) is 42.0 Å². The maximum atomic E-state index is 12.2. The Morgan fingerprint density at radius 3 is 2.58 bits per heavy atom. The molecular weight excluding hydrogens is 330 g/mol. The van der Waals surface area contributed by atoms with Crippen LogP contribution in [0.25, 0.3) is 0 Å². The Balaban J connectivity index is 2.11. The van der Waals surface area contributed by atoms with E-state index in [0.29, 0.717) is 11.5 Å². The molecule has 3 N–H and O–H groups in total. The van der Waals surface area contributed by atoms with Gasteiger partial charge in [-0.2, -0.15) is 0 Å².